The average Bonchev–Trinajstić information content (AvgIpc) is 2.50. The van der Waals surface area contributed by atoms with Crippen LogP contribution < -0.4 is 0 Å². The van der Waals surface area contributed by atoms with Gasteiger partial charge in [0.25, 0.3) is 0 Å². The van der Waals surface area contributed by atoms with E-state index in [4.69, 9.17) is 11.6 Å². The van der Waals surface area contributed by atoms with Gasteiger partial charge in [0, 0.05) is 5.88 Å². The maximum Gasteiger partial charge on any atom is 0.0223 e. The molecule has 0 heterocycles. The van der Waals surface area contributed by atoms with Gasteiger partial charge in [-0.2, -0.15) is 0 Å². The van der Waals surface area contributed by atoms with Gasteiger partial charge in [0.15, 0.2) is 0 Å². The van der Waals surface area contributed by atoms with Crippen molar-refractivity contribution in [3.63, 3.8) is 0 Å². The molecule has 0 fully saturated rings. The highest BCUT2D eigenvalue weighted by molar-refractivity contribution is 7.37. The molecule has 0 aliphatic heterocycles. The summed E-state index contributed by atoms with van der Waals surface area (Å²) in [6, 6.07) is 0. The topological polar surface area (TPSA) is 0 Å². The van der Waals surface area contributed by atoms with E-state index < -0.39 is 0 Å². The molecule has 0 aromatic heterocycles. The predicted molar refractivity (Wildman–Crippen MR) is 114 cm³/mol. The Hall–Kier alpha value is 0.720. The summed E-state index contributed by atoms with van der Waals surface area (Å²) in [6.45, 7) is 11.5. The zero-order valence-corrected chi connectivity index (χ0v) is 18.5. The van der Waals surface area contributed by atoms with Crippen molar-refractivity contribution < 1.29 is 0 Å². The normalized spacial score (nSPS) is 11.0. The molecule has 0 saturated carbocycles. The Balaban J connectivity index is 0. The van der Waals surface area contributed by atoms with Crippen LogP contribution in [0.4, 0.5) is 0 Å². The summed E-state index contributed by atoms with van der Waals surface area (Å²) < 4.78 is 0. The molecule has 0 amide bonds. The van der Waals surface area contributed by atoms with Crippen LogP contribution in [0, 0.1) is 11.8 Å². The Morgan fingerprint density at radius 3 is 1.43 bits per heavy atom. The summed E-state index contributed by atoms with van der Waals surface area (Å²) in [5, 5.41) is 0. The van der Waals surface area contributed by atoms with E-state index in [-0.39, 0.29) is 0 Å². The number of alkyl halides is 1. The first kappa shape index (κ1) is 26.0. The van der Waals surface area contributed by atoms with Crippen molar-refractivity contribution in [3.05, 3.63) is 0 Å². The van der Waals surface area contributed by atoms with Gasteiger partial charge in [0.05, 0.1) is 0 Å². The van der Waals surface area contributed by atoms with Crippen LogP contribution >= 0.6 is 20.2 Å². The fraction of sp³-hybridized carbons (Fsp3) is 1.00. The third kappa shape index (κ3) is 31.1. The van der Waals surface area contributed by atoms with Crippen molar-refractivity contribution in [1.29, 1.82) is 0 Å². The Kier molecular flexibility index (Phi) is 25.6. The van der Waals surface area contributed by atoms with Gasteiger partial charge in [0.2, 0.25) is 0 Å². The van der Waals surface area contributed by atoms with E-state index in [0.717, 1.165) is 17.7 Å². The maximum absolute atomic E-state index is 5.38. The van der Waals surface area contributed by atoms with Gasteiger partial charge < -0.3 is 0 Å². The SMILES string of the molecule is CC(C)CCCCC[P]CCCCCC(C)C.CCCCCCl. The minimum Gasteiger partial charge on any atom is -0.127 e. The van der Waals surface area contributed by atoms with Gasteiger partial charge in [-0.15, -0.1) is 11.6 Å². The average molecular weight is 364 g/mol. The molecular weight excluding hydrogens is 319 g/mol. The summed E-state index contributed by atoms with van der Waals surface area (Å²) in [7, 11) is 1.71. The first-order valence-corrected chi connectivity index (χ1v) is 12.0. The lowest BCUT2D eigenvalue weighted by atomic mass is 10.1. The molecule has 141 valence electrons. The summed E-state index contributed by atoms with van der Waals surface area (Å²) >= 11 is 5.38. The highest BCUT2D eigenvalue weighted by Gasteiger charge is 1.96. The molecule has 0 aromatic carbocycles. The van der Waals surface area contributed by atoms with Gasteiger partial charge in [-0.05, 0) is 43.4 Å². The summed E-state index contributed by atoms with van der Waals surface area (Å²) in [5.74, 6) is 2.62. The molecule has 0 N–H and O–H groups in total. The summed E-state index contributed by atoms with van der Waals surface area (Å²) in [6.07, 6.45) is 18.2. The smallest absolute Gasteiger partial charge is 0.0223 e. The number of hydrogen-bond acceptors (Lipinski definition) is 0. The number of hydrogen-bond donors (Lipinski definition) is 0. The van der Waals surface area contributed by atoms with E-state index in [1.165, 1.54) is 83.0 Å². The number of halogens is 1. The van der Waals surface area contributed by atoms with Crippen LogP contribution in [-0.4, -0.2) is 18.2 Å². The Morgan fingerprint density at radius 2 is 1.13 bits per heavy atom. The molecule has 0 rings (SSSR count). The molecule has 0 aromatic rings. The van der Waals surface area contributed by atoms with Crippen LogP contribution in [0.15, 0.2) is 0 Å². The first-order chi connectivity index (χ1) is 11.0. The van der Waals surface area contributed by atoms with Crippen LogP contribution in [0.5, 0.6) is 0 Å². The van der Waals surface area contributed by atoms with Crippen LogP contribution in [0.1, 0.15) is 105 Å². The van der Waals surface area contributed by atoms with Crippen molar-refractivity contribution in [2.24, 2.45) is 11.8 Å². The van der Waals surface area contributed by atoms with Crippen molar-refractivity contribution >= 4 is 20.2 Å². The molecular formula is C21H45ClP. The van der Waals surface area contributed by atoms with Crippen molar-refractivity contribution in [2.45, 2.75) is 105 Å². The Bertz CT molecular complexity index is 172. The molecule has 0 aliphatic carbocycles. The molecule has 0 spiro atoms. The second kappa shape index (κ2) is 22.7. The molecule has 0 bridgehead atoms. The van der Waals surface area contributed by atoms with Gasteiger partial charge >= 0.3 is 0 Å². The summed E-state index contributed by atoms with van der Waals surface area (Å²) in [4.78, 5) is 0. The van der Waals surface area contributed by atoms with Crippen LogP contribution in [0.3, 0.4) is 0 Å². The second-order valence-electron chi connectivity index (χ2n) is 7.55. The third-order valence-electron chi connectivity index (χ3n) is 3.93. The lowest BCUT2D eigenvalue weighted by Gasteiger charge is -2.05. The van der Waals surface area contributed by atoms with E-state index in [1.54, 1.807) is 8.58 Å². The minimum absolute atomic E-state index is 0.827. The molecule has 0 saturated heterocycles. The first-order valence-electron chi connectivity index (χ1n) is 10.2. The van der Waals surface area contributed by atoms with Gasteiger partial charge in [0.1, 0.15) is 0 Å². The van der Waals surface area contributed by atoms with Crippen molar-refractivity contribution in [3.8, 4) is 0 Å². The van der Waals surface area contributed by atoms with Crippen LogP contribution in [-0.2, 0) is 0 Å². The van der Waals surface area contributed by atoms with Crippen molar-refractivity contribution in [2.75, 3.05) is 18.2 Å². The summed E-state index contributed by atoms with van der Waals surface area (Å²) in [5.41, 5.74) is 0. The van der Waals surface area contributed by atoms with Crippen LogP contribution in [0.25, 0.3) is 0 Å². The van der Waals surface area contributed by atoms with Gasteiger partial charge in [-0.1, -0.05) is 94.6 Å². The number of unbranched alkanes of at least 4 members (excludes halogenated alkanes) is 6. The van der Waals surface area contributed by atoms with Crippen LogP contribution in [0.2, 0.25) is 0 Å². The highest BCUT2D eigenvalue weighted by atomic mass is 35.5. The zero-order valence-electron chi connectivity index (χ0n) is 16.9. The lowest BCUT2D eigenvalue weighted by molar-refractivity contribution is 0.534. The van der Waals surface area contributed by atoms with E-state index in [9.17, 15) is 0 Å². The molecule has 23 heavy (non-hydrogen) atoms. The Morgan fingerprint density at radius 1 is 0.652 bits per heavy atom. The minimum atomic E-state index is 0.827. The predicted octanol–water partition coefficient (Wildman–Crippen LogP) is 8.78. The monoisotopic (exact) mass is 363 g/mol. The fourth-order valence-electron chi connectivity index (χ4n) is 2.36. The molecule has 0 atom stereocenters. The van der Waals surface area contributed by atoms with E-state index in [0.29, 0.717) is 0 Å². The second-order valence-corrected chi connectivity index (χ2v) is 9.27. The molecule has 0 aliphatic rings. The standard InChI is InChI=1S/C16H34P.C5H11Cl/c1-15(2)11-7-5-9-13-17-14-10-6-8-12-16(3)4;1-2-3-4-5-6/h15-16H,5-14H2,1-4H3;2-5H2,1H3. The third-order valence-corrected chi connectivity index (χ3v) is 5.46. The molecule has 1 radical (unpaired) electrons. The van der Waals surface area contributed by atoms with Gasteiger partial charge in [-0.25, -0.2) is 0 Å². The highest BCUT2D eigenvalue weighted by Crippen LogP contribution is 2.18. The van der Waals surface area contributed by atoms with E-state index in [1.807, 2.05) is 0 Å². The largest absolute Gasteiger partial charge is 0.127 e. The molecule has 2 heteroatoms. The maximum atomic E-state index is 5.38. The molecule has 0 nitrogen and oxygen atoms in total. The zero-order chi connectivity index (χ0) is 17.8. The van der Waals surface area contributed by atoms with E-state index >= 15 is 0 Å². The number of rotatable bonds is 15. The fourth-order valence-corrected chi connectivity index (χ4v) is 3.67. The molecule has 0 unspecified atom stereocenters. The lowest BCUT2D eigenvalue weighted by Crippen LogP contribution is -1.89. The quantitative estimate of drug-likeness (QED) is 0.155. The Labute approximate surface area is 155 Å². The van der Waals surface area contributed by atoms with E-state index in [2.05, 4.69) is 34.6 Å². The van der Waals surface area contributed by atoms with Gasteiger partial charge in [-0.3, -0.25) is 0 Å². The van der Waals surface area contributed by atoms with Crippen molar-refractivity contribution in [1.82, 2.24) is 0 Å².